The van der Waals surface area contributed by atoms with Crippen molar-refractivity contribution in [2.75, 3.05) is 25.7 Å². The maximum atomic E-state index is 12.2. The molecule has 1 aliphatic rings. The van der Waals surface area contributed by atoms with Crippen LogP contribution in [0.5, 0.6) is 0 Å². The smallest absolute Gasteiger partial charge is 0.338 e. The second-order valence-corrected chi connectivity index (χ2v) is 24.3. The molecular formula is C36H42Br3I5NO7V-. The van der Waals surface area contributed by atoms with Gasteiger partial charge >= 0.3 is 17.9 Å². The SMILES string of the molecule is CI.COC(=O)c1cc(Br)ccc1C.COC(=O)c1cc(Br)ccc1CBr.Cc1ccc2c(c1)C(=O)N(CC(=O)OC(C)(C)C)C2.IC(I)I.[CH2-]I.[V]. The number of amides is 1. The Morgan fingerprint density at radius 1 is 0.849 bits per heavy atom. The van der Waals surface area contributed by atoms with E-state index in [0.717, 1.165) is 31.1 Å². The van der Waals surface area contributed by atoms with Crippen LogP contribution in [0, 0.1) is 18.8 Å². The first-order valence-electron chi connectivity index (χ1n) is 14.8. The van der Waals surface area contributed by atoms with Crippen LogP contribution in [-0.2, 0) is 49.4 Å². The molecular weight excluding hydrogens is 1480 g/mol. The molecule has 4 rings (SSSR count). The van der Waals surface area contributed by atoms with E-state index < -0.39 is 5.60 Å². The predicted molar refractivity (Wildman–Crippen MR) is 265 cm³/mol. The van der Waals surface area contributed by atoms with Gasteiger partial charge in [-0.15, -0.1) is 0 Å². The number of methoxy groups -OCH3 is 2. The zero-order valence-corrected chi connectivity index (χ0v) is 47.3. The molecule has 295 valence electrons. The van der Waals surface area contributed by atoms with Crippen LogP contribution >= 0.6 is 161 Å². The first-order valence-corrected chi connectivity index (χ1v) is 24.9. The van der Waals surface area contributed by atoms with Gasteiger partial charge in [-0.3, -0.25) is 14.5 Å². The van der Waals surface area contributed by atoms with Crippen molar-refractivity contribution in [2.45, 2.75) is 52.0 Å². The monoisotopic (exact) mass is 1520 g/mol. The molecule has 1 radical (unpaired) electrons. The molecule has 0 fully saturated rings. The minimum absolute atomic E-state index is 0. The minimum atomic E-state index is -0.525. The third-order valence-corrected chi connectivity index (χ3v) is 7.70. The quantitative estimate of drug-likeness (QED) is 0.0825. The average Bonchev–Trinajstić information content (AvgIpc) is 3.39. The molecule has 0 N–H and O–H groups in total. The van der Waals surface area contributed by atoms with E-state index in [1.54, 1.807) is 12.1 Å². The van der Waals surface area contributed by atoms with Gasteiger partial charge in [0.1, 0.15) is 12.1 Å². The van der Waals surface area contributed by atoms with Gasteiger partial charge in [0.25, 0.3) is 5.91 Å². The van der Waals surface area contributed by atoms with Crippen molar-refractivity contribution in [3.63, 3.8) is 0 Å². The summed E-state index contributed by atoms with van der Waals surface area (Å²) in [5.41, 5.74) is 5.23. The van der Waals surface area contributed by atoms with E-state index in [1.807, 2.05) is 105 Å². The van der Waals surface area contributed by atoms with E-state index >= 15 is 0 Å². The van der Waals surface area contributed by atoms with Gasteiger partial charge in [-0.2, -0.15) is 0 Å². The van der Waals surface area contributed by atoms with E-state index in [4.69, 9.17) is 4.74 Å². The number of carbonyl (C=O) groups excluding carboxylic acids is 4. The molecule has 0 unspecified atom stereocenters. The molecule has 0 spiro atoms. The number of carbonyl (C=O) groups is 4. The van der Waals surface area contributed by atoms with E-state index in [2.05, 4.69) is 153 Å². The Morgan fingerprint density at radius 3 is 1.79 bits per heavy atom. The van der Waals surface area contributed by atoms with Crippen molar-refractivity contribution < 1.29 is 51.9 Å². The fourth-order valence-corrected chi connectivity index (χ4v) is 5.23. The van der Waals surface area contributed by atoms with Crippen molar-refractivity contribution >= 4 is 185 Å². The van der Waals surface area contributed by atoms with Crippen LogP contribution in [0.3, 0.4) is 0 Å². The molecule has 1 amide bonds. The molecule has 3 aromatic rings. The van der Waals surface area contributed by atoms with Gasteiger partial charge in [0.2, 0.25) is 0 Å². The van der Waals surface area contributed by atoms with Gasteiger partial charge in [0, 0.05) is 44.9 Å². The van der Waals surface area contributed by atoms with Gasteiger partial charge in [0.15, 0.2) is 0 Å². The molecule has 17 heteroatoms. The number of ether oxygens (including phenoxy) is 3. The fraction of sp³-hybridized carbons (Fsp3) is 0.361. The largest absolute Gasteiger partial charge is 0.465 e. The number of fused-ring (bicyclic) bond motifs is 1. The van der Waals surface area contributed by atoms with Crippen LogP contribution < -0.4 is 0 Å². The zero-order chi connectivity index (χ0) is 40.8. The summed E-state index contributed by atoms with van der Waals surface area (Å²) >= 11 is 20.9. The Morgan fingerprint density at radius 2 is 1.32 bits per heavy atom. The second-order valence-electron chi connectivity index (χ2n) is 11.0. The Balaban J connectivity index is -0.000000653. The number of benzene rings is 3. The summed E-state index contributed by atoms with van der Waals surface area (Å²) in [5, 5.41) is 0.644. The summed E-state index contributed by atoms with van der Waals surface area (Å²) < 4.78 is 17.0. The summed E-state index contributed by atoms with van der Waals surface area (Å²) in [5.74, 6) is -1.07. The Bertz CT molecular complexity index is 1590. The van der Waals surface area contributed by atoms with E-state index in [-0.39, 0.29) is 48.9 Å². The number of hydrogen-bond donors (Lipinski definition) is 0. The molecule has 1 heterocycles. The number of aryl methyl sites for hydroxylation is 2. The van der Waals surface area contributed by atoms with Crippen LogP contribution in [0.25, 0.3) is 0 Å². The first-order chi connectivity index (χ1) is 24.3. The molecule has 3 aromatic carbocycles. The topological polar surface area (TPSA) is 99.2 Å². The normalized spacial score (nSPS) is 10.7. The maximum absolute atomic E-state index is 12.2. The van der Waals surface area contributed by atoms with Gasteiger partial charge in [-0.25, -0.2) is 9.59 Å². The summed E-state index contributed by atoms with van der Waals surface area (Å²) in [7, 11) is 2.75. The number of nitrogens with zero attached hydrogens (tertiary/aromatic N) is 1. The predicted octanol–water partition coefficient (Wildman–Crippen LogP) is 12.8. The van der Waals surface area contributed by atoms with Crippen LogP contribution in [0.2, 0.25) is 0 Å². The molecule has 53 heavy (non-hydrogen) atoms. The van der Waals surface area contributed by atoms with Crippen molar-refractivity contribution in [1.29, 1.82) is 0 Å². The number of esters is 3. The molecule has 0 bridgehead atoms. The zero-order valence-electron chi connectivity index (χ0n) is 30.4. The number of hydrogen-bond acceptors (Lipinski definition) is 7. The van der Waals surface area contributed by atoms with Crippen LogP contribution in [-0.4, -0.2) is 59.9 Å². The Labute approximate surface area is 420 Å². The van der Waals surface area contributed by atoms with E-state index in [9.17, 15) is 19.2 Å². The minimum Gasteiger partial charge on any atom is -0.465 e. The standard InChI is InChI=1S/C15H19NO3.C9H8Br2O2.C9H9BrO2.CHI3.CH3I.CH2I.V/c1-10-5-6-11-8-16(14(18)12(11)7-10)9-13(17)19-15(2,3)4;1-13-9(12)8-4-7(11)3-2-6(8)5-10;1-6-3-4-7(10)5-8(6)9(11)12-2;2-1(3)4;2*1-2;/h5-7H,8-9H2,1-4H3;2-4H,5H2,1H3;3-5H,1-2H3;1H;1H3;1H2;/q;;;;;-1;. The molecule has 1 aliphatic heterocycles. The molecule has 0 atom stereocenters. The summed E-state index contributed by atoms with van der Waals surface area (Å²) in [4.78, 5) is 53.1. The third kappa shape index (κ3) is 24.7. The number of rotatable bonds is 5. The van der Waals surface area contributed by atoms with Crippen LogP contribution in [0.4, 0.5) is 0 Å². The number of halogens is 8. The van der Waals surface area contributed by atoms with Gasteiger partial charge in [-0.1, -0.05) is 168 Å². The average molecular weight is 1530 g/mol. The fourth-order valence-electron chi connectivity index (χ4n) is 4.02. The van der Waals surface area contributed by atoms with E-state index in [0.29, 0.717) is 28.6 Å². The first kappa shape index (κ1) is 58.5. The van der Waals surface area contributed by atoms with Gasteiger partial charge in [0.05, 0.1) is 25.3 Å². The Kier molecular flexibility index (Phi) is 35.5. The molecule has 0 saturated heterocycles. The van der Waals surface area contributed by atoms with Crippen LogP contribution in [0.15, 0.2) is 63.5 Å². The van der Waals surface area contributed by atoms with Crippen molar-refractivity contribution in [1.82, 2.24) is 4.90 Å². The van der Waals surface area contributed by atoms with E-state index in [1.165, 1.54) is 19.1 Å². The number of alkyl halides is 5. The molecule has 0 aromatic heterocycles. The van der Waals surface area contributed by atoms with Gasteiger partial charge in [-0.05, 0) is 86.6 Å². The summed E-state index contributed by atoms with van der Waals surface area (Å²) in [6.07, 6.45) is 0. The molecule has 8 nitrogen and oxygen atoms in total. The Hall–Kier alpha value is 1.21. The molecule has 0 aliphatic carbocycles. The summed E-state index contributed by atoms with van der Waals surface area (Å²) in [6.45, 7) is 9.75. The van der Waals surface area contributed by atoms with Crippen molar-refractivity contribution in [2.24, 2.45) is 0 Å². The van der Waals surface area contributed by atoms with Crippen molar-refractivity contribution in [3.8, 4) is 0 Å². The van der Waals surface area contributed by atoms with Gasteiger partial charge < -0.3 is 41.7 Å². The van der Waals surface area contributed by atoms with Crippen molar-refractivity contribution in [3.05, 3.63) is 107 Å². The summed E-state index contributed by atoms with van der Waals surface area (Å²) in [6, 6.07) is 16.8. The van der Waals surface area contributed by atoms with Crippen LogP contribution in [0.1, 0.15) is 74.1 Å². The third-order valence-electron chi connectivity index (χ3n) is 6.11. The molecule has 0 saturated carbocycles. The second kappa shape index (κ2) is 32.1. The maximum Gasteiger partial charge on any atom is 0.338 e.